The first-order valence-corrected chi connectivity index (χ1v) is 8.09. The molecule has 1 amide bonds. The predicted molar refractivity (Wildman–Crippen MR) is 78.1 cm³/mol. The van der Waals surface area contributed by atoms with Gasteiger partial charge < -0.3 is 11.1 Å². The molecule has 0 saturated heterocycles. The first-order chi connectivity index (χ1) is 8.84. The van der Waals surface area contributed by atoms with E-state index in [0.717, 1.165) is 6.42 Å². The number of sulfone groups is 1. The van der Waals surface area contributed by atoms with Crippen LogP contribution in [0.4, 0.5) is 11.4 Å². The molecular weight excluding hydrogens is 288 g/mol. The number of hydrogen-bond acceptors (Lipinski definition) is 4. The van der Waals surface area contributed by atoms with Crippen LogP contribution in [-0.4, -0.2) is 25.8 Å². The van der Waals surface area contributed by atoms with Crippen molar-refractivity contribution in [2.24, 2.45) is 0 Å². The minimum atomic E-state index is -3.37. The summed E-state index contributed by atoms with van der Waals surface area (Å²) in [6.07, 6.45) is 1.32. The lowest BCUT2D eigenvalue weighted by Gasteiger charge is -2.08. The van der Waals surface area contributed by atoms with Crippen molar-refractivity contribution in [1.29, 1.82) is 0 Å². The molecule has 0 fully saturated rings. The molecule has 0 aliphatic rings. The lowest BCUT2D eigenvalue weighted by Crippen LogP contribution is -2.24. The van der Waals surface area contributed by atoms with E-state index in [1.165, 1.54) is 12.1 Å². The molecule has 106 valence electrons. The zero-order valence-electron chi connectivity index (χ0n) is 10.6. The SMILES string of the molecule is CCCCS(=O)(=O)CC(=O)Nc1cc(N)ccc1Cl. The van der Waals surface area contributed by atoms with Gasteiger partial charge in [-0.3, -0.25) is 4.79 Å². The van der Waals surface area contributed by atoms with Crippen molar-refractivity contribution in [2.45, 2.75) is 19.8 Å². The van der Waals surface area contributed by atoms with Gasteiger partial charge in [0.1, 0.15) is 5.75 Å². The lowest BCUT2D eigenvalue weighted by atomic mass is 10.3. The fraction of sp³-hybridized carbons (Fsp3) is 0.417. The highest BCUT2D eigenvalue weighted by Gasteiger charge is 2.17. The Kier molecular flexibility index (Phi) is 5.62. The van der Waals surface area contributed by atoms with E-state index in [1.54, 1.807) is 6.07 Å². The molecule has 0 aliphatic carbocycles. The maximum absolute atomic E-state index is 11.7. The Bertz CT molecular complexity index is 558. The number of rotatable bonds is 6. The Hall–Kier alpha value is -1.27. The zero-order valence-corrected chi connectivity index (χ0v) is 12.2. The van der Waals surface area contributed by atoms with Crippen LogP contribution in [0.15, 0.2) is 18.2 Å². The maximum atomic E-state index is 11.7. The van der Waals surface area contributed by atoms with Gasteiger partial charge in [0.15, 0.2) is 9.84 Å². The number of benzene rings is 1. The summed E-state index contributed by atoms with van der Waals surface area (Å²) in [6.45, 7) is 1.89. The van der Waals surface area contributed by atoms with E-state index >= 15 is 0 Å². The minimum Gasteiger partial charge on any atom is -0.399 e. The number of unbranched alkanes of at least 4 members (excludes halogenated alkanes) is 1. The van der Waals surface area contributed by atoms with Crippen LogP contribution in [0.3, 0.4) is 0 Å². The predicted octanol–water partition coefficient (Wildman–Crippen LogP) is 2.08. The van der Waals surface area contributed by atoms with E-state index in [2.05, 4.69) is 5.32 Å². The quantitative estimate of drug-likeness (QED) is 0.787. The molecule has 0 heterocycles. The molecule has 0 radical (unpaired) electrons. The largest absolute Gasteiger partial charge is 0.399 e. The Morgan fingerprint density at radius 1 is 1.42 bits per heavy atom. The van der Waals surface area contributed by atoms with Crippen molar-refractivity contribution in [1.82, 2.24) is 0 Å². The monoisotopic (exact) mass is 304 g/mol. The standard InChI is InChI=1S/C12H17ClN2O3S/c1-2-3-6-19(17,18)8-12(16)15-11-7-9(14)4-5-10(11)13/h4-5,7H,2-3,6,8,14H2,1H3,(H,15,16). The molecule has 0 aromatic heterocycles. The van der Waals surface area contributed by atoms with Crippen LogP contribution >= 0.6 is 11.6 Å². The van der Waals surface area contributed by atoms with Crippen molar-refractivity contribution < 1.29 is 13.2 Å². The van der Waals surface area contributed by atoms with E-state index in [4.69, 9.17) is 17.3 Å². The highest BCUT2D eigenvalue weighted by molar-refractivity contribution is 7.92. The third-order valence-electron chi connectivity index (χ3n) is 2.42. The van der Waals surface area contributed by atoms with Crippen molar-refractivity contribution in [3.05, 3.63) is 23.2 Å². The minimum absolute atomic E-state index is 0.0155. The summed E-state index contributed by atoms with van der Waals surface area (Å²) in [6, 6.07) is 4.62. The number of nitrogen functional groups attached to an aromatic ring is 1. The summed E-state index contributed by atoms with van der Waals surface area (Å²) < 4.78 is 23.2. The van der Waals surface area contributed by atoms with E-state index < -0.39 is 21.5 Å². The number of nitrogens with two attached hydrogens (primary N) is 1. The number of carbonyl (C=O) groups excluding carboxylic acids is 1. The van der Waals surface area contributed by atoms with Gasteiger partial charge in [0.05, 0.1) is 16.5 Å². The number of hydrogen-bond donors (Lipinski definition) is 2. The number of halogens is 1. The molecule has 5 nitrogen and oxygen atoms in total. The smallest absolute Gasteiger partial charge is 0.239 e. The van der Waals surface area contributed by atoms with Crippen LogP contribution in [0.25, 0.3) is 0 Å². The second-order valence-corrected chi connectivity index (χ2v) is 6.82. The molecule has 0 bridgehead atoms. The van der Waals surface area contributed by atoms with Gasteiger partial charge in [-0.25, -0.2) is 8.42 Å². The Labute approximate surface area is 118 Å². The number of amides is 1. The van der Waals surface area contributed by atoms with E-state index in [0.29, 0.717) is 22.8 Å². The molecular formula is C12H17ClN2O3S. The highest BCUT2D eigenvalue weighted by atomic mass is 35.5. The third kappa shape index (κ3) is 5.48. The molecule has 0 saturated carbocycles. The van der Waals surface area contributed by atoms with Gasteiger partial charge in [-0.15, -0.1) is 0 Å². The fourth-order valence-corrected chi connectivity index (χ4v) is 2.97. The number of anilines is 2. The molecule has 0 spiro atoms. The van der Waals surface area contributed by atoms with E-state index in [9.17, 15) is 13.2 Å². The van der Waals surface area contributed by atoms with E-state index in [1.807, 2.05) is 6.92 Å². The normalized spacial score (nSPS) is 11.3. The van der Waals surface area contributed by atoms with E-state index in [-0.39, 0.29) is 5.75 Å². The van der Waals surface area contributed by atoms with Gasteiger partial charge in [0, 0.05) is 5.69 Å². The van der Waals surface area contributed by atoms with Crippen molar-refractivity contribution >= 4 is 38.7 Å². The summed E-state index contributed by atoms with van der Waals surface area (Å²) >= 11 is 5.88. The number of carbonyl (C=O) groups is 1. The van der Waals surface area contributed by atoms with Gasteiger partial charge in [0.25, 0.3) is 0 Å². The summed E-state index contributed by atoms with van der Waals surface area (Å²) in [4.78, 5) is 11.7. The topological polar surface area (TPSA) is 89.3 Å². The van der Waals surface area contributed by atoms with Crippen LogP contribution in [0.2, 0.25) is 5.02 Å². The molecule has 0 unspecified atom stereocenters. The molecule has 0 aliphatic heterocycles. The van der Waals surface area contributed by atoms with Crippen LogP contribution < -0.4 is 11.1 Å². The molecule has 3 N–H and O–H groups in total. The molecule has 1 rings (SSSR count). The van der Waals surface area contributed by atoms with Crippen molar-refractivity contribution in [2.75, 3.05) is 22.6 Å². The van der Waals surface area contributed by atoms with Crippen LogP contribution in [0.5, 0.6) is 0 Å². The van der Waals surface area contributed by atoms with Crippen molar-refractivity contribution in [3.8, 4) is 0 Å². The molecule has 7 heteroatoms. The molecule has 1 aromatic carbocycles. The van der Waals surface area contributed by atoms with Crippen LogP contribution in [0, 0.1) is 0 Å². The molecule has 0 atom stereocenters. The summed E-state index contributed by atoms with van der Waals surface area (Å²) in [5.41, 5.74) is 6.32. The molecule has 19 heavy (non-hydrogen) atoms. The maximum Gasteiger partial charge on any atom is 0.239 e. The van der Waals surface area contributed by atoms with Gasteiger partial charge >= 0.3 is 0 Å². The Morgan fingerprint density at radius 2 is 2.11 bits per heavy atom. The summed E-state index contributed by atoms with van der Waals surface area (Å²) in [5, 5.41) is 2.77. The van der Waals surface area contributed by atoms with Gasteiger partial charge in [0.2, 0.25) is 5.91 Å². The average Bonchev–Trinajstić information content (AvgIpc) is 2.30. The zero-order chi connectivity index (χ0) is 14.5. The van der Waals surface area contributed by atoms with Gasteiger partial charge in [-0.2, -0.15) is 0 Å². The Balaban J connectivity index is 2.68. The second kappa shape index (κ2) is 6.77. The number of nitrogens with one attached hydrogen (secondary N) is 1. The first-order valence-electron chi connectivity index (χ1n) is 5.89. The van der Waals surface area contributed by atoms with Crippen LogP contribution in [0.1, 0.15) is 19.8 Å². The third-order valence-corrected chi connectivity index (χ3v) is 4.37. The van der Waals surface area contributed by atoms with Gasteiger partial charge in [-0.05, 0) is 24.6 Å². The summed E-state index contributed by atoms with van der Waals surface area (Å²) in [5.74, 6) is -1.14. The average molecular weight is 305 g/mol. The van der Waals surface area contributed by atoms with Crippen LogP contribution in [-0.2, 0) is 14.6 Å². The van der Waals surface area contributed by atoms with Crippen molar-refractivity contribution in [3.63, 3.8) is 0 Å². The molecule has 1 aromatic rings. The Morgan fingerprint density at radius 3 is 2.74 bits per heavy atom. The first kappa shape index (κ1) is 15.8. The van der Waals surface area contributed by atoms with Gasteiger partial charge in [-0.1, -0.05) is 24.9 Å². The summed E-state index contributed by atoms with van der Waals surface area (Å²) in [7, 11) is -3.37. The fourth-order valence-electron chi connectivity index (χ4n) is 1.46. The second-order valence-electron chi connectivity index (χ2n) is 4.23. The highest BCUT2D eigenvalue weighted by Crippen LogP contribution is 2.24. The lowest BCUT2D eigenvalue weighted by molar-refractivity contribution is -0.113.